The third kappa shape index (κ3) is 6.83. The van der Waals surface area contributed by atoms with Crippen molar-refractivity contribution in [2.45, 2.75) is 52.2 Å². The average molecular weight is 418 g/mol. The number of carbonyl (C=O) groups is 2. The summed E-state index contributed by atoms with van der Waals surface area (Å²) in [5.74, 6) is -1.07. The fraction of sp³-hybridized carbons (Fsp3) is 0.391. The number of hydrogen-bond donors (Lipinski definition) is 1. The van der Waals surface area contributed by atoms with E-state index in [1.807, 2.05) is 20.8 Å². The highest BCUT2D eigenvalue weighted by Crippen LogP contribution is 2.16. The van der Waals surface area contributed by atoms with Crippen molar-refractivity contribution < 1.29 is 23.1 Å². The molecule has 0 bridgehead atoms. The molecule has 0 saturated carbocycles. The molecule has 2 amide bonds. The van der Waals surface area contributed by atoms with Gasteiger partial charge in [0.15, 0.2) is 6.61 Å². The zero-order valence-corrected chi connectivity index (χ0v) is 17.5. The fourth-order valence-electron chi connectivity index (χ4n) is 2.91. The normalized spacial score (nSPS) is 12.7. The average Bonchev–Trinajstić information content (AvgIpc) is 2.74. The van der Waals surface area contributed by atoms with Crippen LogP contribution in [-0.4, -0.2) is 35.4 Å². The smallest absolute Gasteiger partial charge is 0.261 e. The van der Waals surface area contributed by atoms with E-state index in [4.69, 9.17) is 4.74 Å². The molecule has 0 radical (unpaired) electrons. The Bertz CT molecular complexity index is 825. The van der Waals surface area contributed by atoms with E-state index >= 15 is 0 Å². The molecule has 0 aliphatic heterocycles. The maximum Gasteiger partial charge on any atom is 0.261 e. The zero-order chi connectivity index (χ0) is 22.1. The van der Waals surface area contributed by atoms with Gasteiger partial charge in [0.2, 0.25) is 5.91 Å². The van der Waals surface area contributed by atoms with Gasteiger partial charge in [-0.1, -0.05) is 26.0 Å². The first-order chi connectivity index (χ1) is 14.3. The molecule has 30 heavy (non-hydrogen) atoms. The predicted molar refractivity (Wildman–Crippen MR) is 111 cm³/mol. The lowest BCUT2D eigenvalue weighted by Gasteiger charge is -2.31. The highest BCUT2D eigenvalue weighted by atomic mass is 19.1. The molecule has 2 rings (SSSR count). The molecule has 0 aliphatic rings. The lowest BCUT2D eigenvalue weighted by Crippen LogP contribution is -2.51. The minimum atomic E-state index is -0.701. The number of carbonyl (C=O) groups excluding carboxylic acids is 2. The van der Waals surface area contributed by atoms with Gasteiger partial charge in [0, 0.05) is 12.6 Å². The third-order valence-electron chi connectivity index (χ3n) is 4.83. The Morgan fingerprint density at radius 1 is 0.967 bits per heavy atom. The zero-order valence-electron chi connectivity index (χ0n) is 17.5. The van der Waals surface area contributed by atoms with Gasteiger partial charge in [-0.3, -0.25) is 9.59 Å². The second-order valence-electron chi connectivity index (χ2n) is 7.13. The van der Waals surface area contributed by atoms with Crippen LogP contribution in [0.5, 0.6) is 5.75 Å². The molecule has 1 N–H and O–H groups in total. The van der Waals surface area contributed by atoms with Crippen molar-refractivity contribution in [1.82, 2.24) is 10.2 Å². The number of ether oxygens (including phenoxy) is 1. The molecule has 5 nitrogen and oxygen atoms in total. The van der Waals surface area contributed by atoms with Crippen LogP contribution in [0.3, 0.4) is 0 Å². The summed E-state index contributed by atoms with van der Waals surface area (Å²) in [5.41, 5.74) is 0.696. The molecule has 2 atom stereocenters. The number of hydrogen-bond acceptors (Lipinski definition) is 3. The minimum Gasteiger partial charge on any atom is -0.484 e. The molecule has 0 fully saturated rings. The van der Waals surface area contributed by atoms with Gasteiger partial charge in [0.1, 0.15) is 23.4 Å². The molecular weight excluding hydrogens is 390 g/mol. The van der Waals surface area contributed by atoms with E-state index in [-0.39, 0.29) is 30.9 Å². The van der Waals surface area contributed by atoms with Crippen molar-refractivity contribution in [3.63, 3.8) is 0 Å². The van der Waals surface area contributed by atoms with E-state index in [1.165, 1.54) is 41.3 Å². The summed E-state index contributed by atoms with van der Waals surface area (Å²) < 4.78 is 31.8. The summed E-state index contributed by atoms with van der Waals surface area (Å²) in [5, 5.41) is 2.92. The molecule has 0 spiro atoms. The van der Waals surface area contributed by atoms with E-state index < -0.39 is 17.8 Å². The van der Waals surface area contributed by atoms with E-state index in [0.29, 0.717) is 17.7 Å². The summed E-state index contributed by atoms with van der Waals surface area (Å²) in [6.07, 6.45) is 1.17. The highest BCUT2D eigenvalue weighted by Gasteiger charge is 2.29. The summed E-state index contributed by atoms with van der Waals surface area (Å²) in [4.78, 5) is 27.2. The van der Waals surface area contributed by atoms with Gasteiger partial charge >= 0.3 is 0 Å². The largest absolute Gasteiger partial charge is 0.484 e. The van der Waals surface area contributed by atoms with Crippen LogP contribution in [0.2, 0.25) is 0 Å². The second kappa shape index (κ2) is 11.3. The number of halogens is 2. The monoisotopic (exact) mass is 418 g/mol. The van der Waals surface area contributed by atoms with Crippen LogP contribution < -0.4 is 10.1 Å². The topological polar surface area (TPSA) is 58.6 Å². The van der Waals surface area contributed by atoms with Crippen molar-refractivity contribution in [3.05, 3.63) is 65.7 Å². The SMILES string of the molecule is CCC(C)NC(=O)C(CC)N(Cc1ccc(F)cc1)C(=O)COc1ccc(F)cc1. The van der Waals surface area contributed by atoms with Gasteiger partial charge in [-0.25, -0.2) is 8.78 Å². The molecule has 2 unspecified atom stereocenters. The first-order valence-electron chi connectivity index (χ1n) is 10.1. The van der Waals surface area contributed by atoms with E-state index in [0.717, 1.165) is 6.42 Å². The standard InChI is InChI=1S/C23H28F2N2O3/c1-4-16(3)26-23(29)21(5-2)27(14-17-6-8-18(24)9-7-17)22(28)15-30-20-12-10-19(25)11-13-20/h6-13,16,21H,4-5,14-15H2,1-3H3,(H,26,29). The number of nitrogens with one attached hydrogen (secondary N) is 1. The number of benzene rings is 2. The number of rotatable bonds is 10. The Kier molecular flexibility index (Phi) is 8.77. The Balaban J connectivity index is 2.19. The first kappa shape index (κ1) is 23.3. The third-order valence-corrected chi connectivity index (χ3v) is 4.83. The van der Waals surface area contributed by atoms with Crippen molar-refractivity contribution in [3.8, 4) is 5.75 Å². The predicted octanol–water partition coefficient (Wildman–Crippen LogP) is 4.07. The molecule has 162 valence electrons. The summed E-state index contributed by atoms with van der Waals surface area (Å²) >= 11 is 0. The number of amides is 2. The molecule has 2 aromatic carbocycles. The van der Waals surface area contributed by atoms with Crippen molar-refractivity contribution in [2.24, 2.45) is 0 Å². The van der Waals surface area contributed by atoms with Crippen molar-refractivity contribution >= 4 is 11.8 Å². The van der Waals surface area contributed by atoms with Crippen molar-refractivity contribution in [1.29, 1.82) is 0 Å². The summed E-state index contributed by atoms with van der Waals surface area (Å²) in [7, 11) is 0. The van der Waals surface area contributed by atoms with Gasteiger partial charge in [0.05, 0.1) is 0 Å². The van der Waals surface area contributed by atoms with Gasteiger partial charge in [-0.2, -0.15) is 0 Å². The Labute approximate surface area is 176 Å². The quantitative estimate of drug-likeness (QED) is 0.633. The minimum absolute atomic E-state index is 0.0233. The van der Waals surface area contributed by atoms with Crippen LogP contribution in [0.1, 0.15) is 39.2 Å². The fourth-order valence-corrected chi connectivity index (χ4v) is 2.91. The maximum absolute atomic E-state index is 13.3. The van der Waals surface area contributed by atoms with Crippen LogP contribution in [0.25, 0.3) is 0 Å². The maximum atomic E-state index is 13.3. The summed E-state index contributed by atoms with van der Waals surface area (Å²) in [6.45, 7) is 5.52. The van der Waals surface area contributed by atoms with Crippen LogP contribution in [-0.2, 0) is 16.1 Å². The lowest BCUT2D eigenvalue weighted by atomic mass is 10.1. The highest BCUT2D eigenvalue weighted by molar-refractivity contribution is 5.88. The number of nitrogens with zero attached hydrogens (tertiary/aromatic N) is 1. The van der Waals surface area contributed by atoms with E-state index in [2.05, 4.69) is 5.32 Å². The Morgan fingerprint density at radius 2 is 1.53 bits per heavy atom. The molecule has 0 aromatic heterocycles. The van der Waals surface area contributed by atoms with Gasteiger partial charge in [-0.15, -0.1) is 0 Å². The van der Waals surface area contributed by atoms with E-state index in [9.17, 15) is 18.4 Å². The second-order valence-corrected chi connectivity index (χ2v) is 7.13. The van der Waals surface area contributed by atoms with Gasteiger partial charge in [0.25, 0.3) is 5.91 Å². The molecule has 2 aromatic rings. The molecule has 7 heteroatoms. The van der Waals surface area contributed by atoms with Crippen molar-refractivity contribution in [2.75, 3.05) is 6.61 Å². The van der Waals surface area contributed by atoms with Crippen LogP contribution in [0.4, 0.5) is 8.78 Å². The molecule has 0 aliphatic carbocycles. The molecule has 0 heterocycles. The van der Waals surface area contributed by atoms with Gasteiger partial charge < -0.3 is 15.0 Å². The first-order valence-corrected chi connectivity index (χ1v) is 10.1. The van der Waals surface area contributed by atoms with Gasteiger partial charge in [-0.05, 0) is 61.7 Å². The molecule has 0 saturated heterocycles. The Morgan fingerprint density at radius 3 is 2.07 bits per heavy atom. The summed E-state index contributed by atoms with van der Waals surface area (Å²) in [6, 6.07) is 10.4. The van der Waals surface area contributed by atoms with Crippen LogP contribution in [0.15, 0.2) is 48.5 Å². The lowest BCUT2D eigenvalue weighted by molar-refractivity contribution is -0.143. The molecular formula is C23H28F2N2O3. The van der Waals surface area contributed by atoms with Crippen LogP contribution >= 0.6 is 0 Å². The van der Waals surface area contributed by atoms with Crippen LogP contribution in [0, 0.1) is 11.6 Å². The van der Waals surface area contributed by atoms with E-state index in [1.54, 1.807) is 12.1 Å². The Hall–Kier alpha value is -2.96.